The fourth-order valence-corrected chi connectivity index (χ4v) is 3.78. The molecule has 0 bridgehead atoms. The van der Waals surface area contributed by atoms with Crippen LogP contribution in [-0.2, 0) is 10.3 Å². The molecule has 0 spiro atoms. The van der Waals surface area contributed by atoms with Gasteiger partial charge in [-0.25, -0.2) is 4.98 Å². The van der Waals surface area contributed by atoms with Crippen LogP contribution in [0.1, 0.15) is 41.3 Å². The molecule has 1 saturated carbocycles. The van der Waals surface area contributed by atoms with Crippen LogP contribution < -0.4 is 5.32 Å². The summed E-state index contributed by atoms with van der Waals surface area (Å²) >= 11 is 1.83. The van der Waals surface area contributed by atoms with Gasteiger partial charge in [0, 0.05) is 12.0 Å². The van der Waals surface area contributed by atoms with Crippen LogP contribution in [0.2, 0.25) is 0 Å². The van der Waals surface area contributed by atoms with E-state index in [1.807, 2.05) is 25.5 Å². The third-order valence-electron chi connectivity index (χ3n) is 3.96. The third-order valence-corrected chi connectivity index (χ3v) is 5.23. The standard InChI is InChI=1S/C13H22N2OS/c1-9-10(2)17-12(15-9)13(14-3)7-5-6-11(8-13)16-4/h11,14H,5-8H2,1-4H3. The molecule has 3 nitrogen and oxygen atoms in total. The van der Waals surface area contributed by atoms with Gasteiger partial charge in [0.1, 0.15) is 5.01 Å². The average Bonchev–Trinajstić information content (AvgIpc) is 2.70. The van der Waals surface area contributed by atoms with E-state index in [0.29, 0.717) is 6.10 Å². The summed E-state index contributed by atoms with van der Waals surface area (Å²) < 4.78 is 5.54. The van der Waals surface area contributed by atoms with Crippen LogP contribution in [0.15, 0.2) is 0 Å². The zero-order chi connectivity index (χ0) is 12.5. The first kappa shape index (κ1) is 13.0. The average molecular weight is 254 g/mol. The molecule has 2 atom stereocenters. The van der Waals surface area contributed by atoms with Crippen LogP contribution in [0.4, 0.5) is 0 Å². The topological polar surface area (TPSA) is 34.2 Å². The Morgan fingerprint density at radius 2 is 2.24 bits per heavy atom. The molecule has 4 heteroatoms. The zero-order valence-electron chi connectivity index (χ0n) is 11.2. The lowest BCUT2D eigenvalue weighted by atomic mass is 9.80. The van der Waals surface area contributed by atoms with E-state index in [2.05, 4.69) is 19.2 Å². The van der Waals surface area contributed by atoms with Crippen molar-refractivity contribution in [1.29, 1.82) is 0 Å². The number of thiazole rings is 1. The molecule has 2 unspecified atom stereocenters. The Morgan fingerprint density at radius 1 is 1.47 bits per heavy atom. The van der Waals surface area contributed by atoms with Gasteiger partial charge in [0.2, 0.25) is 0 Å². The number of methoxy groups -OCH3 is 1. The minimum atomic E-state index is 0.0304. The molecule has 1 N–H and O–H groups in total. The highest BCUT2D eigenvalue weighted by molar-refractivity contribution is 7.11. The maximum atomic E-state index is 5.54. The Bertz CT molecular complexity index is 371. The highest BCUT2D eigenvalue weighted by atomic mass is 32.1. The monoisotopic (exact) mass is 254 g/mol. The molecule has 1 heterocycles. The number of hydrogen-bond acceptors (Lipinski definition) is 4. The molecule has 1 aromatic rings. The van der Waals surface area contributed by atoms with E-state index in [9.17, 15) is 0 Å². The molecule has 1 aliphatic rings. The van der Waals surface area contributed by atoms with Gasteiger partial charge in [-0.1, -0.05) is 0 Å². The maximum Gasteiger partial charge on any atom is 0.113 e. The molecule has 2 rings (SSSR count). The number of aryl methyl sites for hydroxylation is 2. The second-order valence-electron chi connectivity index (χ2n) is 4.95. The summed E-state index contributed by atoms with van der Waals surface area (Å²) in [4.78, 5) is 6.07. The minimum absolute atomic E-state index is 0.0304. The highest BCUT2D eigenvalue weighted by Gasteiger charge is 2.39. The van der Waals surface area contributed by atoms with Crippen molar-refractivity contribution < 1.29 is 4.74 Å². The lowest BCUT2D eigenvalue weighted by Gasteiger charge is -2.38. The van der Waals surface area contributed by atoms with Gasteiger partial charge in [0.15, 0.2) is 0 Å². The van der Waals surface area contributed by atoms with Crippen LogP contribution in [0, 0.1) is 13.8 Å². The predicted molar refractivity (Wildman–Crippen MR) is 71.6 cm³/mol. The molecular weight excluding hydrogens is 232 g/mol. The highest BCUT2D eigenvalue weighted by Crippen LogP contribution is 2.40. The van der Waals surface area contributed by atoms with Crippen LogP contribution in [-0.4, -0.2) is 25.2 Å². The number of nitrogens with zero attached hydrogens (tertiary/aromatic N) is 1. The van der Waals surface area contributed by atoms with Crippen LogP contribution >= 0.6 is 11.3 Å². The Balaban J connectivity index is 2.29. The van der Waals surface area contributed by atoms with Gasteiger partial charge in [0.05, 0.1) is 17.3 Å². The SMILES string of the molecule is CNC1(c2nc(C)c(C)s2)CCCC(OC)C1. The van der Waals surface area contributed by atoms with E-state index in [-0.39, 0.29) is 5.54 Å². The van der Waals surface area contributed by atoms with Crippen molar-refractivity contribution in [1.82, 2.24) is 10.3 Å². The van der Waals surface area contributed by atoms with Crippen molar-refractivity contribution in [3.05, 3.63) is 15.6 Å². The smallest absolute Gasteiger partial charge is 0.113 e. The zero-order valence-corrected chi connectivity index (χ0v) is 12.0. The third kappa shape index (κ3) is 2.39. The first-order valence-corrected chi connectivity index (χ1v) is 7.09. The minimum Gasteiger partial charge on any atom is -0.381 e. The Kier molecular flexibility index (Phi) is 3.85. The van der Waals surface area contributed by atoms with Gasteiger partial charge in [-0.2, -0.15) is 0 Å². The van der Waals surface area contributed by atoms with Gasteiger partial charge in [0.25, 0.3) is 0 Å². The van der Waals surface area contributed by atoms with E-state index in [4.69, 9.17) is 9.72 Å². The van der Waals surface area contributed by atoms with Gasteiger partial charge in [-0.15, -0.1) is 11.3 Å². The van der Waals surface area contributed by atoms with E-state index in [0.717, 1.165) is 12.8 Å². The van der Waals surface area contributed by atoms with Gasteiger partial charge in [-0.3, -0.25) is 0 Å². The molecule has 0 amide bonds. The second kappa shape index (κ2) is 5.04. The number of rotatable bonds is 3. The van der Waals surface area contributed by atoms with Crippen molar-refractivity contribution in [2.45, 2.75) is 51.2 Å². The summed E-state index contributed by atoms with van der Waals surface area (Å²) in [6.07, 6.45) is 4.93. The molecule has 1 aromatic heterocycles. The van der Waals surface area contributed by atoms with E-state index in [1.165, 1.54) is 28.4 Å². The summed E-state index contributed by atoms with van der Waals surface area (Å²) in [6.45, 7) is 4.24. The van der Waals surface area contributed by atoms with E-state index >= 15 is 0 Å². The van der Waals surface area contributed by atoms with Gasteiger partial charge >= 0.3 is 0 Å². The number of hydrogen-bond donors (Lipinski definition) is 1. The van der Waals surface area contributed by atoms with Crippen LogP contribution in [0.5, 0.6) is 0 Å². The molecule has 0 radical (unpaired) electrons. The summed E-state index contributed by atoms with van der Waals surface area (Å²) in [7, 11) is 3.86. The number of nitrogens with one attached hydrogen (secondary N) is 1. The molecule has 0 aliphatic heterocycles. The molecule has 1 fully saturated rings. The Labute approximate surface area is 108 Å². The number of aromatic nitrogens is 1. The largest absolute Gasteiger partial charge is 0.381 e. The first-order valence-electron chi connectivity index (χ1n) is 6.27. The van der Waals surface area contributed by atoms with E-state index in [1.54, 1.807) is 0 Å². The van der Waals surface area contributed by atoms with Crippen molar-refractivity contribution in [2.75, 3.05) is 14.2 Å². The molecular formula is C13H22N2OS. The van der Waals surface area contributed by atoms with Crippen molar-refractivity contribution in [2.24, 2.45) is 0 Å². The Hall–Kier alpha value is -0.450. The first-order chi connectivity index (χ1) is 8.11. The quantitative estimate of drug-likeness (QED) is 0.900. The lowest BCUT2D eigenvalue weighted by molar-refractivity contribution is 0.0314. The summed E-state index contributed by atoms with van der Waals surface area (Å²) in [5.74, 6) is 0. The van der Waals surface area contributed by atoms with Gasteiger partial charge in [-0.05, 0) is 46.6 Å². The molecule has 0 aromatic carbocycles. The van der Waals surface area contributed by atoms with Gasteiger partial charge < -0.3 is 10.1 Å². The maximum absolute atomic E-state index is 5.54. The molecule has 96 valence electrons. The second-order valence-corrected chi connectivity index (χ2v) is 6.15. The fraction of sp³-hybridized carbons (Fsp3) is 0.769. The van der Waals surface area contributed by atoms with Crippen molar-refractivity contribution >= 4 is 11.3 Å². The summed E-state index contributed by atoms with van der Waals surface area (Å²) in [5.41, 5.74) is 1.20. The summed E-state index contributed by atoms with van der Waals surface area (Å²) in [5, 5.41) is 4.74. The normalized spacial score (nSPS) is 29.5. The lowest BCUT2D eigenvalue weighted by Crippen LogP contribution is -2.45. The molecule has 0 saturated heterocycles. The summed E-state index contributed by atoms with van der Waals surface area (Å²) in [6, 6.07) is 0. The van der Waals surface area contributed by atoms with Crippen LogP contribution in [0.3, 0.4) is 0 Å². The molecule has 17 heavy (non-hydrogen) atoms. The van der Waals surface area contributed by atoms with E-state index < -0.39 is 0 Å². The van der Waals surface area contributed by atoms with Crippen molar-refractivity contribution in [3.8, 4) is 0 Å². The molecule has 1 aliphatic carbocycles. The predicted octanol–water partition coefficient (Wildman–Crippen LogP) is 2.76. The fourth-order valence-electron chi connectivity index (χ4n) is 2.63. The number of ether oxygens (including phenoxy) is 1. The van der Waals surface area contributed by atoms with Crippen LogP contribution in [0.25, 0.3) is 0 Å². The van der Waals surface area contributed by atoms with Crippen molar-refractivity contribution in [3.63, 3.8) is 0 Å². The Morgan fingerprint density at radius 3 is 2.76 bits per heavy atom.